The van der Waals surface area contributed by atoms with Crippen molar-refractivity contribution in [2.45, 2.75) is 44.8 Å². The van der Waals surface area contributed by atoms with Crippen LogP contribution in [0.1, 0.15) is 47.2 Å². The SMILES string of the molecule is COc1cc(-c2cn(C)c(=O)c3ncsc23)cc(OC)c1CN1CC(CN2CCC3(CC2)CN(c2ccc4c(c2)C(=O)N(C2CCC(=O)NC2=O)C4)C3)C1. The normalized spacial score (nSPS) is 21.7. The summed E-state index contributed by atoms with van der Waals surface area (Å²) in [5.41, 5.74) is 7.98. The number of carbonyl (C=O) groups excluding carboxylic acids is 3. The fourth-order valence-corrected chi connectivity index (χ4v) is 10.1. The number of carbonyl (C=O) groups is 3. The van der Waals surface area contributed by atoms with E-state index in [9.17, 15) is 19.2 Å². The third kappa shape index (κ3) is 6.04. The highest BCUT2D eigenvalue weighted by Crippen LogP contribution is 2.44. The molecule has 7 heterocycles. The molecule has 3 amide bonds. The number of methoxy groups -OCH3 is 2. The minimum absolute atomic E-state index is 0.106. The first-order valence-electron chi connectivity index (χ1n) is 18.8. The first kappa shape index (κ1) is 34.9. The van der Waals surface area contributed by atoms with Gasteiger partial charge in [-0.25, -0.2) is 4.98 Å². The molecule has 0 bridgehead atoms. The molecule has 1 unspecified atom stereocenters. The van der Waals surface area contributed by atoms with Crippen LogP contribution < -0.4 is 25.2 Å². The van der Waals surface area contributed by atoms with E-state index in [1.807, 2.05) is 30.5 Å². The van der Waals surface area contributed by atoms with Crippen LogP contribution in [0, 0.1) is 11.3 Å². The number of imide groups is 1. The van der Waals surface area contributed by atoms with Crippen molar-refractivity contribution in [3.8, 4) is 22.6 Å². The van der Waals surface area contributed by atoms with Crippen molar-refractivity contribution in [2.24, 2.45) is 18.4 Å². The van der Waals surface area contributed by atoms with Gasteiger partial charge in [0.25, 0.3) is 11.5 Å². The van der Waals surface area contributed by atoms with Crippen LogP contribution in [0.15, 0.2) is 46.8 Å². The van der Waals surface area contributed by atoms with Crippen LogP contribution in [0.3, 0.4) is 0 Å². The molecule has 282 valence electrons. The first-order valence-corrected chi connectivity index (χ1v) is 19.7. The number of likely N-dealkylation sites (tertiary alicyclic amines) is 2. The standard InChI is InChI=1S/C40H45N7O6S/c1-43-19-29(36-35(39(43)51)41-23-54-36)26-12-32(52-2)30(33(13-26)53-3)20-45-16-24(17-45)15-44-10-8-40(9-11-44)21-46(22-40)27-5-4-25-18-47(38(50)28(25)14-27)31-6-7-34(48)42-37(31)49/h4-5,12-14,19,23-24,31H,6-11,15-18,20-22H2,1-3H3,(H,42,48,49). The van der Waals surface area contributed by atoms with Gasteiger partial charge in [0.15, 0.2) is 0 Å². The van der Waals surface area contributed by atoms with E-state index in [1.165, 1.54) is 24.2 Å². The molecule has 4 fully saturated rings. The number of amides is 3. The second kappa shape index (κ2) is 13.5. The van der Waals surface area contributed by atoms with Gasteiger partial charge in [0.1, 0.15) is 23.1 Å². The summed E-state index contributed by atoms with van der Waals surface area (Å²) >= 11 is 1.46. The van der Waals surface area contributed by atoms with Crippen molar-refractivity contribution in [1.29, 1.82) is 0 Å². The summed E-state index contributed by atoms with van der Waals surface area (Å²) in [4.78, 5) is 63.4. The fourth-order valence-electron chi connectivity index (χ4n) is 9.29. The van der Waals surface area contributed by atoms with E-state index in [0.29, 0.717) is 35.4 Å². The van der Waals surface area contributed by atoms with Gasteiger partial charge < -0.3 is 28.7 Å². The molecule has 2 aromatic heterocycles. The van der Waals surface area contributed by atoms with Gasteiger partial charge in [0.05, 0.1) is 30.0 Å². The first-order chi connectivity index (χ1) is 26.1. The molecule has 1 N–H and O–H groups in total. The van der Waals surface area contributed by atoms with Gasteiger partial charge in [-0.05, 0) is 73.7 Å². The Labute approximate surface area is 317 Å². The number of aryl methyl sites for hydroxylation is 1. The third-order valence-corrected chi connectivity index (χ3v) is 13.2. The average Bonchev–Trinajstić information content (AvgIpc) is 3.76. The summed E-state index contributed by atoms with van der Waals surface area (Å²) in [5, 5.41) is 2.38. The van der Waals surface area contributed by atoms with E-state index in [2.05, 4.69) is 31.1 Å². The summed E-state index contributed by atoms with van der Waals surface area (Å²) in [6.45, 7) is 8.54. The predicted molar refractivity (Wildman–Crippen MR) is 205 cm³/mol. The number of benzene rings is 2. The zero-order valence-corrected chi connectivity index (χ0v) is 31.7. The number of fused-ring (bicyclic) bond motifs is 2. The van der Waals surface area contributed by atoms with E-state index in [0.717, 1.165) is 96.5 Å². The van der Waals surface area contributed by atoms with Crippen molar-refractivity contribution in [1.82, 2.24) is 29.6 Å². The van der Waals surface area contributed by atoms with Gasteiger partial charge in [0, 0.05) is 87.7 Å². The number of anilines is 1. The van der Waals surface area contributed by atoms with Crippen LogP contribution in [0.4, 0.5) is 5.69 Å². The van der Waals surface area contributed by atoms with Crippen molar-refractivity contribution < 1.29 is 23.9 Å². The van der Waals surface area contributed by atoms with Gasteiger partial charge in [-0.3, -0.25) is 29.4 Å². The Hall–Kier alpha value is -4.79. The predicted octanol–water partition coefficient (Wildman–Crippen LogP) is 3.47. The van der Waals surface area contributed by atoms with Crippen molar-refractivity contribution in [3.05, 3.63) is 69.1 Å². The molecule has 1 atom stereocenters. The Morgan fingerprint density at radius 3 is 2.41 bits per heavy atom. The minimum Gasteiger partial charge on any atom is -0.496 e. The molecule has 54 heavy (non-hydrogen) atoms. The van der Waals surface area contributed by atoms with Crippen molar-refractivity contribution in [2.75, 3.05) is 64.9 Å². The lowest BCUT2D eigenvalue weighted by atomic mass is 9.71. The molecule has 0 radical (unpaired) electrons. The number of thiazole rings is 1. The lowest BCUT2D eigenvalue weighted by Gasteiger charge is -2.55. The van der Waals surface area contributed by atoms with Crippen LogP contribution in [0.25, 0.3) is 21.3 Å². The van der Waals surface area contributed by atoms with Gasteiger partial charge >= 0.3 is 0 Å². The topological polar surface area (TPSA) is 130 Å². The Kier molecular flexibility index (Phi) is 8.74. The Morgan fingerprint density at radius 1 is 0.963 bits per heavy atom. The highest BCUT2D eigenvalue weighted by atomic mass is 32.1. The second-order valence-corrected chi connectivity index (χ2v) is 16.7. The maximum absolute atomic E-state index is 13.3. The number of pyridine rings is 1. The van der Waals surface area contributed by atoms with Gasteiger partial charge in [-0.1, -0.05) is 6.07 Å². The largest absolute Gasteiger partial charge is 0.496 e. The summed E-state index contributed by atoms with van der Waals surface area (Å²) in [7, 11) is 5.14. The quantitative estimate of drug-likeness (QED) is 0.254. The molecule has 2 aromatic carbocycles. The van der Waals surface area contributed by atoms with Gasteiger partial charge in [0.2, 0.25) is 11.8 Å². The summed E-state index contributed by atoms with van der Waals surface area (Å²) in [5.74, 6) is 1.41. The number of hydrogen-bond acceptors (Lipinski definition) is 11. The van der Waals surface area contributed by atoms with Crippen LogP contribution in [-0.2, 0) is 29.7 Å². The van der Waals surface area contributed by atoms with Gasteiger partial charge in [-0.15, -0.1) is 11.3 Å². The maximum Gasteiger partial charge on any atom is 0.277 e. The van der Waals surface area contributed by atoms with Crippen molar-refractivity contribution >= 4 is 45.0 Å². The van der Waals surface area contributed by atoms with E-state index >= 15 is 0 Å². The molecule has 4 aromatic rings. The lowest BCUT2D eigenvalue weighted by molar-refractivity contribution is -0.136. The molecule has 5 aliphatic heterocycles. The number of nitrogens with one attached hydrogen (secondary N) is 1. The Bertz CT molecular complexity index is 2200. The average molecular weight is 752 g/mol. The number of ether oxygens (including phenoxy) is 2. The smallest absolute Gasteiger partial charge is 0.277 e. The van der Waals surface area contributed by atoms with E-state index < -0.39 is 6.04 Å². The molecular formula is C40H45N7O6S. The number of hydrogen-bond donors (Lipinski definition) is 1. The van der Waals surface area contributed by atoms with Crippen LogP contribution in [0.5, 0.6) is 11.5 Å². The molecule has 9 rings (SSSR count). The highest BCUT2D eigenvalue weighted by Gasteiger charge is 2.46. The number of piperidine rings is 2. The second-order valence-electron chi connectivity index (χ2n) is 15.8. The van der Waals surface area contributed by atoms with Crippen LogP contribution in [0.2, 0.25) is 0 Å². The van der Waals surface area contributed by atoms with E-state index in [4.69, 9.17) is 9.47 Å². The summed E-state index contributed by atoms with van der Waals surface area (Å²) < 4.78 is 14.2. The Balaban J connectivity index is 0.768. The zero-order valence-electron chi connectivity index (χ0n) is 30.9. The molecule has 1 spiro atoms. The maximum atomic E-state index is 13.3. The van der Waals surface area contributed by atoms with E-state index in [1.54, 1.807) is 36.2 Å². The molecule has 4 saturated heterocycles. The van der Waals surface area contributed by atoms with E-state index in [-0.39, 0.29) is 29.7 Å². The van der Waals surface area contributed by atoms with Crippen LogP contribution >= 0.6 is 11.3 Å². The van der Waals surface area contributed by atoms with Gasteiger partial charge in [-0.2, -0.15) is 0 Å². The minimum atomic E-state index is -0.590. The third-order valence-electron chi connectivity index (χ3n) is 12.4. The monoisotopic (exact) mass is 751 g/mol. The molecule has 14 heteroatoms. The molecule has 13 nitrogen and oxygen atoms in total. The molecule has 0 saturated carbocycles. The fraction of sp³-hybridized carbons (Fsp3) is 0.475. The number of aromatic nitrogens is 2. The van der Waals surface area contributed by atoms with Crippen LogP contribution in [-0.4, -0.2) is 108 Å². The molecule has 5 aliphatic rings. The molecule has 0 aliphatic carbocycles. The molecular weight excluding hydrogens is 707 g/mol. The number of rotatable bonds is 9. The van der Waals surface area contributed by atoms with Crippen molar-refractivity contribution in [3.63, 3.8) is 0 Å². The Morgan fingerprint density at radius 2 is 1.70 bits per heavy atom. The highest BCUT2D eigenvalue weighted by molar-refractivity contribution is 7.17. The zero-order chi connectivity index (χ0) is 37.3. The lowest BCUT2D eigenvalue weighted by Crippen LogP contribution is -2.61. The summed E-state index contributed by atoms with van der Waals surface area (Å²) in [6, 6.07) is 9.63. The summed E-state index contributed by atoms with van der Waals surface area (Å²) in [6.07, 6.45) is 4.85. The number of nitrogens with zero attached hydrogens (tertiary/aromatic N) is 6.